The Kier molecular flexibility index (Phi) is 5.01. The van der Waals surface area contributed by atoms with Gasteiger partial charge in [-0.15, -0.1) is 22.7 Å². The number of hydrogen-bond donors (Lipinski definition) is 1. The lowest BCUT2D eigenvalue weighted by Crippen LogP contribution is -2.13. The van der Waals surface area contributed by atoms with Crippen molar-refractivity contribution in [2.45, 2.75) is 11.8 Å². The van der Waals surface area contributed by atoms with Crippen LogP contribution in [0.5, 0.6) is 0 Å². The monoisotopic (exact) mass is 428 g/mol. The molecular weight excluding hydrogens is 412 g/mol. The number of nitrogens with one attached hydrogen (secondary N) is 1. The normalized spacial score (nSPS) is 11.6. The summed E-state index contributed by atoms with van der Waals surface area (Å²) in [6.07, 6.45) is 0. The summed E-state index contributed by atoms with van der Waals surface area (Å²) in [5, 5.41) is 6.32. The highest BCUT2D eigenvalue weighted by atomic mass is 32.2. The summed E-state index contributed by atoms with van der Waals surface area (Å²) in [5.74, 6) is -0.358. The highest BCUT2D eigenvalue weighted by molar-refractivity contribution is 7.91. The number of thiazole rings is 1. The standard InChI is InChI=1S/C20H16N2O3S3/c1-2-28(24,25)14-7-5-6-13(12-14)18(23)22-19-15(10-11-26-19)20-21-16-8-3-4-9-17(16)27-20/h3-12H,2H2,1H3,(H,22,23). The van der Waals surface area contributed by atoms with E-state index in [1.165, 1.54) is 23.5 Å². The first-order valence-corrected chi connectivity index (χ1v) is 11.9. The highest BCUT2D eigenvalue weighted by Gasteiger charge is 2.17. The van der Waals surface area contributed by atoms with Gasteiger partial charge < -0.3 is 5.32 Å². The van der Waals surface area contributed by atoms with E-state index in [1.807, 2.05) is 35.7 Å². The number of benzene rings is 2. The zero-order chi connectivity index (χ0) is 19.7. The van der Waals surface area contributed by atoms with E-state index >= 15 is 0 Å². The van der Waals surface area contributed by atoms with Crippen LogP contribution < -0.4 is 5.32 Å². The Morgan fingerprint density at radius 1 is 1.11 bits per heavy atom. The molecule has 5 nitrogen and oxygen atoms in total. The number of fused-ring (bicyclic) bond motifs is 1. The van der Waals surface area contributed by atoms with Crippen molar-refractivity contribution in [3.8, 4) is 10.6 Å². The van der Waals surface area contributed by atoms with Gasteiger partial charge in [-0.25, -0.2) is 13.4 Å². The Morgan fingerprint density at radius 3 is 2.71 bits per heavy atom. The Bertz CT molecular complexity index is 1240. The van der Waals surface area contributed by atoms with Gasteiger partial charge in [0.1, 0.15) is 10.0 Å². The van der Waals surface area contributed by atoms with Crippen molar-refractivity contribution in [2.75, 3.05) is 11.1 Å². The molecule has 1 N–H and O–H groups in total. The van der Waals surface area contributed by atoms with Crippen LogP contribution >= 0.6 is 22.7 Å². The van der Waals surface area contributed by atoms with Gasteiger partial charge in [0.2, 0.25) is 0 Å². The fourth-order valence-corrected chi connectivity index (χ4v) is 5.51. The number of thiophene rings is 1. The zero-order valence-corrected chi connectivity index (χ0v) is 17.3. The average molecular weight is 429 g/mol. The van der Waals surface area contributed by atoms with Crippen LogP contribution in [0.4, 0.5) is 5.00 Å². The van der Waals surface area contributed by atoms with Gasteiger partial charge in [-0.05, 0) is 41.8 Å². The Labute approximate surface area is 170 Å². The summed E-state index contributed by atoms with van der Waals surface area (Å²) in [5.41, 5.74) is 2.08. The molecule has 4 aromatic rings. The molecule has 0 bridgehead atoms. The van der Waals surface area contributed by atoms with E-state index in [4.69, 9.17) is 0 Å². The minimum absolute atomic E-state index is 0.00917. The number of para-hydroxylation sites is 1. The molecule has 28 heavy (non-hydrogen) atoms. The van der Waals surface area contributed by atoms with Crippen LogP contribution in [-0.4, -0.2) is 25.1 Å². The van der Waals surface area contributed by atoms with Crippen LogP contribution in [-0.2, 0) is 9.84 Å². The molecule has 1 amide bonds. The molecule has 2 aromatic carbocycles. The van der Waals surface area contributed by atoms with E-state index in [-0.39, 0.29) is 16.6 Å². The Morgan fingerprint density at radius 2 is 1.93 bits per heavy atom. The molecule has 0 atom stereocenters. The number of sulfone groups is 1. The molecule has 2 aromatic heterocycles. The molecule has 0 saturated carbocycles. The summed E-state index contributed by atoms with van der Waals surface area (Å²) in [6.45, 7) is 1.58. The molecule has 0 aliphatic rings. The SMILES string of the molecule is CCS(=O)(=O)c1cccc(C(=O)Nc2sccc2-c2nc3ccccc3s2)c1. The second-order valence-electron chi connectivity index (χ2n) is 6.04. The largest absolute Gasteiger partial charge is 0.313 e. The van der Waals surface area contributed by atoms with Crippen LogP contribution in [0.25, 0.3) is 20.8 Å². The molecule has 0 saturated heterocycles. The number of anilines is 1. The van der Waals surface area contributed by atoms with Gasteiger partial charge in [-0.1, -0.05) is 25.1 Å². The number of rotatable bonds is 5. The molecule has 0 aliphatic carbocycles. The lowest BCUT2D eigenvalue weighted by atomic mass is 10.2. The van der Waals surface area contributed by atoms with Crippen molar-refractivity contribution in [2.24, 2.45) is 0 Å². The lowest BCUT2D eigenvalue weighted by molar-refractivity contribution is 0.102. The van der Waals surface area contributed by atoms with Crippen molar-refractivity contribution in [3.63, 3.8) is 0 Å². The van der Waals surface area contributed by atoms with E-state index in [0.717, 1.165) is 20.8 Å². The highest BCUT2D eigenvalue weighted by Crippen LogP contribution is 2.37. The predicted molar refractivity (Wildman–Crippen MR) is 115 cm³/mol. The van der Waals surface area contributed by atoms with Crippen LogP contribution in [0.15, 0.2) is 64.9 Å². The Balaban J connectivity index is 1.63. The van der Waals surface area contributed by atoms with Gasteiger partial charge in [0.25, 0.3) is 5.91 Å². The van der Waals surface area contributed by atoms with Crippen molar-refractivity contribution in [1.82, 2.24) is 4.98 Å². The maximum absolute atomic E-state index is 12.7. The number of carbonyl (C=O) groups is 1. The van der Waals surface area contributed by atoms with E-state index in [0.29, 0.717) is 10.6 Å². The molecule has 0 unspecified atom stereocenters. The summed E-state index contributed by atoms with van der Waals surface area (Å²) >= 11 is 2.97. The quantitative estimate of drug-likeness (QED) is 0.481. The number of nitrogens with zero attached hydrogens (tertiary/aromatic N) is 1. The topological polar surface area (TPSA) is 76.1 Å². The van der Waals surface area contributed by atoms with Crippen LogP contribution in [0.2, 0.25) is 0 Å². The number of aromatic nitrogens is 1. The van der Waals surface area contributed by atoms with E-state index < -0.39 is 9.84 Å². The van der Waals surface area contributed by atoms with E-state index in [9.17, 15) is 13.2 Å². The summed E-state index contributed by atoms with van der Waals surface area (Å²) in [7, 11) is -3.37. The van der Waals surface area contributed by atoms with Crippen molar-refractivity contribution < 1.29 is 13.2 Å². The maximum atomic E-state index is 12.7. The van der Waals surface area contributed by atoms with Gasteiger partial charge in [0.05, 0.1) is 20.9 Å². The molecule has 0 fully saturated rings. The van der Waals surface area contributed by atoms with Crippen LogP contribution in [0, 0.1) is 0 Å². The first-order valence-electron chi connectivity index (χ1n) is 8.55. The van der Waals surface area contributed by atoms with Crippen LogP contribution in [0.3, 0.4) is 0 Å². The van der Waals surface area contributed by atoms with Crippen molar-refractivity contribution >= 4 is 53.6 Å². The second kappa shape index (κ2) is 7.46. The van der Waals surface area contributed by atoms with E-state index in [2.05, 4.69) is 10.3 Å². The molecule has 8 heteroatoms. The van der Waals surface area contributed by atoms with E-state index in [1.54, 1.807) is 30.4 Å². The molecule has 4 rings (SSSR count). The smallest absolute Gasteiger partial charge is 0.256 e. The van der Waals surface area contributed by atoms with Gasteiger partial charge in [0.15, 0.2) is 9.84 Å². The summed E-state index contributed by atoms with van der Waals surface area (Å²) in [6, 6.07) is 15.9. The number of carbonyl (C=O) groups excluding carboxylic acids is 1. The third-order valence-electron chi connectivity index (χ3n) is 4.25. The number of hydrogen-bond acceptors (Lipinski definition) is 6. The van der Waals surface area contributed by atoms with Crippen LogP contribution in [0.1, 0.15) is 17.3 Å². The average Bonchev–Trinajstić information content (AvgIpc) is 3.34. The Hall–Kier alpha value is -2.55. The number of amides is 1. The molecule has 0 aliphatic heterocycles. The first-order chi connectivity index (χ1) is 13.5. The fourth-order valence-electron chi connectivity index (χ4n) is 2.73. The molecule has 0 radical (unpaired) electrons. The molecular formula is C20H16N2O3S3. The summed E-state index contributed by atoms with van der Waals surface area (Å²) < 4.78 is 25.2. The van der Waals surface area contributed by atoms with Crippen molar-refractivity contribution in [3.05, 3.63) is 65.5 Å². The predicted octanol–water partition coefficient (Wildman–Crippen LogP) is 5.07. The second-order valence-corrected chi connectivity index (χ2v) is 10.3. The fraction of sp³-hybridized carbons (Fsp3) is 0.100. The third kappa shape index (κ3) is 3.58. The third-order valence-corrected chi connectivity index (χ3v) is 7.88. The lowest BCUT2D eigenvalue weighted by Gasteiger charge is -2.07. The first kappa shape index (κ1) is 18.8. The zero-order valence-electron chi connectivity index (χ0n) is 14.9. The molecule has 2 heterocycles. The molecule has 0 spiro atoms. The molecule has 142 valence electrons. The van der Waals surface area contributed by atoms with Gasteiger partial charge in [-0.2, -0.15) is 0 Å². The minimum Gasteiger partial charge on any atom is -0.313 e. The van der Waals surface area contributed by atoms with Gasteiger partial charge >= 0.3 is 0 Å². The summed E-state index contributed by atoms with van der Waals surface area (Å²) in [4.78, 5) is 17.5. The van der Waals surface area contributed by atoms with Crippen molar-refractivity contribution in [1.29, 1.82) is 0 Å². The minimum atomic E-state index is -3.37. The maximum Gasteiger partial charge on any atom is 0.256 e. The van der Waals surface area contributed by atoms with Gasteiger partial charge in [-0.3, -0.25) is 4.79 Å². The van der Waals surface area contributed by atoms with Gasteiger partial charge in [0, 0.05) is 11.1 Å².